The Hall–Kier alpha value is -3.14. The Kier molecular flexibility index (Phi) is 6.59. The van der Waals surface area contributed by atoms with Gasteiger partial charge in [-0.1, -0.05) is 42.5 Å². The van der Waals surface area contributed by atoms with E-state index in [-0.39, 0.29) is 29.0 Å². The Bertz CT molecular complexity index is 1260. The Labute approximate surface area is 192 Å². The zero-order valence-corrected chi connectivity index (χ0v) is 18.4. The zero-order chi connectivity index (χ0) is 22.7. The Morgan fingerprint density at radius 1 is 1.06 bits per heavy atom. The van der Waals surface area contributed by atoms with Crippen LogP contribution < -0.4 is 0 Å². The summed E-state index contributed by atoms with van der Waals surface area (Å²) in [5, 5.41) is 22.1. The van der Waals surface area contributed by atoms with Crippen LogP contribution in [0.4, 0.5) is 10.5 Å². The first kappa shape index (κ1) is 22.1. The van der Waals surface area contributed by atoms with E-state index >= 15 is 0 Å². The summed E-state index contributed by atoms with van der Waals surface area (Å²) in [4.78, 5) is 38.1. The minimum absolute atomic E-state index is 0.0894. The molecule has 1 N–H and O–H groups in total. The lowest BCUT2D eigenvalue weighted by Crippen LogP contribution is -2.27. The van der Waals surface area contributed by atoms with Crippen LogP contribution in [-0.4, -0.2) is 38.4 Å². The molecule has 1 saturated heterocycles. The number of hydrogen-bond acceptors (Lipinski definition) is 7. The quantitative estimate of drug-likeness (QED) is 0.225. The molecule has 0 aliphatic carbocycles. The van der Waals surface area contributed by atoms with Crippen molar-refractivity contribution in [2.75, 3.05) is 12.4 Å². The number of aliphatic hydroxyl groups excluding tert-OH is 1. The van der Waals surface area contributed by atoms with Crippen molar-refractivity contribution in [1.82, 2.24) is 4.90 Å². The third-order valence-electron chi connectivity index (χ3n) is 4.85. The summed E-state index contributed by atoms with van der Waals surface area (Å²) < 4.78 is 0. The number of nitrogens with zero attached hydrogens (tertiary/aromatic N) is 2. The zero-order valence-electron chi connectivity index (χ0n) is 16.8. The third-order valence-corrected chi connectivity index (χ3v) is 6.80. The maximum Gasteiger partial charge on any atom is 0.293 e. The maximum absolute atomic E-state index is 12.9. The minimum atomic E-state index is -0.498. The molecule has 4 rings (SSSR count). The van der Waals surface area contributed by atoms with Gasteiger partial charge < -0.3 is 5.11 Å². The molecule has 1 aliphatic heterocycles. The van der Waals surface area contributed by atoms with Gasteiger partial charge in [0.1, 0.15) is 0 Å². The molecule has 0 saturated carbocycles. The van der Waals surface area contributed by atoms with Crippen LogP contribution >= 0.6 is 23.5 Å². The SMILES string of the molecule is O=C1S/C(=C\c2ccc(SCCO)c([N+](=O)[O-])c2)C(=O)N1Cc1ccc2ccccc2c1. The topological polar surface area (TPSA) is 101 Å². The van der Waals surface area contributed by atoms with Crippen molar-refractivity contribution < 1.29 is 19.6 Å². The summed E-state index contributed by atoms with van der Waals surface area (Å²) in [6, 6.07) is 18.3. The fraction of sp³-hybridized carbons (Fsp3) is 0.130. The summed E-state index contributed by atoms with van der Waals surface area (Å²) in [5.41, 5.74) is 1.20. The van der Waals surface area contributed by atoms with Crippen molar-refractivity contribution in [3.63, 3.8) is 0 Å². The van der Waals surface area contributed by atoms with E-state index in [1.165, 1.54) is 28.8 Å². The van der Waals surface area contributed by atoms with E-state index in [1.54, 1.807) is 12.1 Å². The molecule has 9 heteroatoms. The number of benzene rings is 3. The van der Waals surface area contributed by atoms with Crippen molar-refractivity contribution >= 4 is 57.2 Å². The fourth-order valence-electron chi connectivity index (χ4n) is 3.35. The molecule has 2 amide bonds. The van der Waals surface area contributed by atoms with Crippen LogP contribution in [0.3, 0.4) is 0 Å². The second kappa shape index (κ2) is 9.56. The summed E-state index contributed by atoms with van der Waals surface area (Å²) in [6.45, 7) is 0.0671. The molecule has 1 aliphatic rings. The Balaban J connectivity index is 1.56. The number of rotatable bonds is 7. The van der Waals surface area contributed by atoms with Gasteiger partial charge in [-0.15, -0.1) is 11.8 Å². The first-order chi connectivity index (χ1) is 15.5. The number of imide groups is 1. The molecular weight excluding hydrogens is 448 g/mol. The van der Waals surface area contributed by atoms with E-state index in [4.69, 9.17) is 5.11 Å². The lowest BCUT2D eigenvalue weighted by Gasteiger charge is -2.13. The number of carbonyl (C=O) groups excluding carboxylic acids is 2. The standard InChI is InChI=1S/C23H18N2O5S2/c26-9-10-31-20-8-6-15(12-19(20)25(29)30)13-21-22(27)24(23(28)32-21)14-16-5-7-17-3-1-2-4-18(17)11-16/h1-8,11-13,26H,9-10,14H2/b21-13-. The van der Waals surface area contributed by atoms with Crippen molar-refractivity contribution in [2.24, 2.45) is 0 Å². The summed E-state index contributed by atoms with van der Waals surface area (Å²) in [5.74, 6) is -0.0806. The van der Waals surface area contributed by atoms with E-state index in [9.17, 15) is 19.7 Å². The first-order valence-electron chi connectivity index (χ1n) is 9.71. The lowest BCUT2D eigenvalue weighted by molar-refractivity contribution is -0.387. The predicted octanol–water partition coefficient (Wildman–Crippen LogP) is 5.07. The summed E-state index contributed by atoms with van der Waals surface area (Å²) >= 11 is 2.01. The molecule has 7 nitrogen and oxygen atoms in total. The largest absolute Gasteiger partial charge is 0.396 e. The molecule has 32 heavy (non-hydrogen) atoms. The molecule has 3 aromatic carbocycles. The molecule has 0 radical (unpaired) electrons. The van der Waals surface area contributed by atoms with Gasteiger partial charge in [0, 0.05) is 11.8 Å². The molecule has 0 spiro atoms. The molecular formula is C23H18N2O5S2. The average molecular weight is 467 g/mol. The van der Waals surface area contributed by atoms with Gasteiger partial charge in [0.25, 0.3) is 16.8 Å². The minimum Gasteiger partial charge on any atom is -0.396 e. The van der Waals surface area contributed by atoms with Gasteiger partial charge in [0.2, 0.25) is 0 Å². The van der Waals surface area contributed by atoms with Gasteiger partial charge >= 0.3 is 0 Å². The van der Waals surface area contributed by atoms with Crippen molar-refractivity contribution in [3.8, 4) is 0 Å². The van der Waals surface area contributed by atoms with E-state index in [0.717, 1.165) is 28.1 Å². The van der Waals surface area contributed by atoms with Gasteiger partial charge in [-0.3, -0.25) is 24.6 Å². The molecule has 0 bridgehead atoms. The lowest BCUT2D eigenvalue weighted by atomic mass is 10.1. The monoisotopic (exact) mass is 466 g/mol. The molecule has 1 fully saturated rings. The normalized spacial score (nSPS) is 15.2. The van der Waals surface area contributed by atoms with Crippen LogP contribution in [0.5, 0.6) is 0 Å². The van der Waals surface area contributed by atoms with Crippen LogP contribution in [0.15, 0.2) is 70.5 Å². The number of amides is 2. The van der Waals surface area contributed by atoms with E-state index in [0.29, 0.717) is 16.2 Å². The van der Waals surface area contributed by atoms with Crippen molar-refractivity contribution in [3.05, 3.63) is 86.8 Å². The van der Waals surface area contributed by atoms with Crippen molar-refractivity contribution in [2.45, 2.75) is 11.4 Å². The number of nitro groups is 1. The first-order valence-corrected chi connectivity index (χ1v) is 11.5. The van der Waals surface area contributed by atoms with Gasteiger partial charge in [-0.05, 0) is 51.9 Å². The van der Waals surface area contributed by atoms with Crippen LogP contribution in [0, 0.1) is 10.1 Å². The smallest absolute Gasteiger partial charge is 0.293 e. The third kappa shape index (κ3) is 4.69. The molecule has 162 valence electrons. The highest BCUT2D eigenvalue weighted by molar-refractivity contribution is 8.18. The molecule has 1 heterocycles. The predicted molar refractivity (Wildman–Crippen MR) is 126 cm³/mol. The van der Waals surface area contributed by atoms with Crippen LogP contribution in [0.25, 0.3) is 16.8 Å². The second-order valence-corrected chi connectivity index (χ2v) is 9.14. The van der Waals surface area contributed by atoms with Gasteiger partial charge in [0.15, 0.2) is 0 Å². The number of hydrogen-bond donors (Lipinski definition) is 1. The number of fused-ring (bicyclic) bond motifs is 1. The number of carbonyl (C=O) groups is 2. The van der Waals surface area contributed by atoms with Crippen LogP contribution in [-0.2, 0) is 11.3 Å². The number of thioether (sulfide) groups is 2. The summed E-state index contributed by atoms with van der Waals surface area (Å²) in [6.07, 6.45) is 1.50. The van der Waals surface area contributed by atoms with Crippen molar-refractivity contribution in [1.29, 1.82) is 0 Å². The van der Waals surface area contributed by atoms with E-state index in [2.05, 4.69) is 0 Å². The Morgan fingerprint density at radius 2 is 1.84 bits per heavy atom. The summed E-state index contributed by atoms with van der Waals surface area (Å²) in [7, 11) is 0. The van der Waals surface area contributed by atoms with Crippen LogP contribution in [0.2, 0.25) is 0 Å². The van der Waals surface area contributed by atoms with Gasteiger partial charge in [-0.25, -0.2) is 0 Å². The van der Waals surface area contributed by atoms with Crippen LogP contribution in [0.1, 0.15) is 11.1 Å². The van der Waals surface area contributed by atoms with E-state index in [1.807, 2.05) is 42.5 Å². The molecule has 0 atom stereocenters. The molecule has 0 aromatic heterocycles. The molecule has 0 unspecified atom stereocenters. The Morgan fingerprint density at radius 3 is 2.59 bits per heavy atom. The van der Waals surface area contributed by atoms with E-state index < -0.39 is 10.8 Å². The van der Waals surface area contributed by atoms with Gasteiger partial charge in [-0.2, -0.15) is 0 Å². The second-order valence-electron chi connectivity index (χ2n) is 7.01. The molecule has 3 aromatic rings. The average Bonchev–Trinajstić information content (AvgIpc) is 3.05. The highest BCUT2D eigenvalue weighted by atomic mass is 32.2. The fourth-order valence-corrected chi connectivity index (χ4v) is 4.95. The highest BCUT2D eigenvalue weighted by Crippen LogP contribution is 2.35. The highest BCUT2D eigenvalue weighted by Gasteiger charge is 2.35. The van der Waals surface area contributed by atoms with Gasteiger partial charge in [0.05, 0.1) is 27.9 Å². The number of aliphatic hydroxyl groups is 1. The maximum atomic E-state index is 12.9. The number of nitro benzene ring substituents is 1.